The third kappa shape index (κ3) is 4.61. The average molecular weight is 413 g/mol. The van der Waals surface area contributed by atoms with E-state index in [0.717, 1.165) is 17.8 Å². The van der Waals surface area contributed by atoms with Crippen molar-refractivity contribution in [1.29, 1.82) is 0 Å². The highest BCUT2D eigenvalue weighted by Gasteiger charge is 2.09. The molecule has 7 heteroatoms. The smallest absolute Gasteiger partial charge is 0.255 e. The molecular formula is C24H23N5O2. The average Bonchev–Trinajstić information content (AvgIpc) is 3.13. The Balaban J connectivity index is 1.43. The lowest BCUT2D eigenvalue weighted by atomic mass is 10.1. The van der Waals surface area contributed by atoms with Gasteiger partial charge in [-0.2, -0.15) is 0 Å². The molecule has 2 aromatic heterocycles. The lowest BCUT2D eigenvalue weighted by Crippen LogP contribution is -2.11. The summed E-state index contributed by atoms with van der Waals surface area (Å²) in [5, 5.41) is 2.90. The van der Waals surface area contributed by atoms with E-state index in [9.17, 15) is 4.79 Å². The molecule has 0 bridgehead atoms. The number of hydrogen-bond acceptors (Lipinski definition) is 5. The second-order valence-electron chi connectivity index (χ2n) is 7.13. The third-order valence-electron chi connectivity index (χ3n) is 5.09. The third-order valence-corrected chi connectivity index (χ3v) is 5.09. The molecule has 0 saturated carbocycles. The number of benzene rings is 2. The number of aryl methyl sites for hydroxylation is 2. The molecule has 0 saturated heterocycles. The number of ether oxygens (including phenoxy) is 1. The molecule has 0 aliphatic rings. The van der Waals surface area contributed by atoms with Crippen LogP contribution in [-0.4, -0.2) is 25.4 Å². The van der Waals surface area contributed by atoms with Gasteiger partial charge >= 0.3 is 0 Å². The van der Waals surface area contributed by atoms with Crippen molar-refractivity contribution < 1.29 is 9.53 Å². The standard InChI is InChI=1S/C24H23N5O2/c1-4-18-5-7-19(8-6-18)24(30)28-20-9-11-21(12-10-20)31-23-13-22(25-14-26-23)29-15-27-16(2)17(29)3/h5-15H,4H2,1-3H3,(H,28,30). The summed E-state index contributed by atoms with van der Waals surface area (Å²) in [4.78, 5) is 25.2. The molecule has 0 fully saturated rings. The van der Waals surface area contributed by atoms with Crippen molar-refractivity contribution in [3.05, 3.63) is 89.8 Å². The van der Waals surface area contributed by atoms with Crippen LogP contribution in [0.5, 0.6) is 11.6 Å². The van der Waals surface area contributed by atoms with E-state index in [2.05, 4.69) is 27.2 Å². The van der Waals surface area contributed by atoms with Crippen LogP contribution >= 0.6 is 0 Å². The van der Waals surface area contributed by atoms with Gasteiger partial charge in [-0.1, -0.05) is 19.1 Å². The van der Waals surface area contributed by atoms with Crippen LogP contribution in [-0.2, 0) is 6.42 Å². The Morgan fingerprint density at radius 2 is 1.74 bits per heavy atom. The van der Waals surface area contributed by atoms with E-state index in [0.29, 0.717) is 28.7 Å². The first-order valence-electron chi connectivity index (χ1n) is 10.0. The van der Waals surface area contributed by atoms with E-state index >= 15 is 0 Å². The number of amides is 1. The van der Waals surface area contributed by atoms with E-state index in [1.165, 1.54) is 11.9 Å². The number of rotatable bonds is 6. The van der Waals surface area contributed by atoms with Crippen molar-refractivity contribution >= 4 is 11.6 Å². The normalized spacial score (nSPS) is 10.7. The molecule has 1 N–H and O–H groups in total. The highest BCUT2D eigenvalue weighted by molar-refractivity contribution is 6.04. The minimum absolute atomic E-state index is 0.150. The summed E-state index contributed by atoms with van der Waals surface area (Å²) < 4.78 is 7.74. The maximum absolute atomic E-state index is 12.4. The van der Waals surface area contributed by atoms with Crippen LogP contribution in [0.3, 0.4) is 0 Å². The van der Waals surface area contributed by atoms with E-state index in [-0.39, 0.29) is 5.91 Å². The molecule has 0 atom stereocenters. The molecule has 0 aliphatic heterocycles. The van der Waals surface area contributed by atoms with Gasteiger partial charge in [-0.25, -0.2) is 15.0 Å². The first-order valence-corrected chi connectivity index (χ1v) is 10.0. The highest BCUT2D eigenvalue weighted by Crippen LogP contribution is 2.23. The lowest BCUT2D eigenvalue weighted by Gasteiger charge is -2.09. The Kier molecular flexibility index (Phi) is 5.75. The minimum Gasteiger partial charge on any atom is -0.439 e. The monoisotopic (exact) mass is 413 g/mol. The van der Waals surface area contributed by atoms with Crippen molar-refractivity contribution in [3.63, 3.8) is 0 Å². The van der Waals surface area contributed by atoms with E-state index in [1.54, 1.807) is 36.7 Å². The number of nitrogens with one attached hydrogen (secondary N) is 1. The summed E-state index contributed by atoms with van der Waals surface area (Å²) >= 11 is 0. The fourth-order valence-electron chi connectivity index (χ4n) is 3.07. The second-order valence-corrected chi connectivity index (χ2v) is 7.13. The van der Waals surface area contributed by atoms with Crippen molar-refractivity contribution in [2.24, 2.45) is 0 Å². The summed E-state index contributed by atoms with van der Waals surface area (Å²) in [5.74, 6) is 1.56. The van der Waals surface area contributed by atoms with E-state index in [4.69, 9.17) is 4.74 Å². The van der Waals surface area contributed by atoms with Crippen molar-refractivity contribution in [1.82, 2.24) is 19.5 Å². The van der Waals surface area contributed by atoms with Gasteiger partial charge in [0, 0.05) is 23.0 Å². The number of anilines is 1. The second kappa shape index (κ2) is 8.79. The van der Waals surface area contributed by atoms with E-state index in [1.807, 2.05) is 42.7 Å². The number of carbonyl (C=O) groups excluding carboxylic acids is 1. The molecule has 4 aromatic rings. The predicted molar refractivity (Wildman–Crippen MR) is 119 cm³/mol. The SMILES string of the molecule is CCc1ccc(C(=O)Nc2ccc(Oc3cc(-n4cnc(C)c4C)ncn3)cc2)cc1. The number of hydrogen-bond donors (Lipinski definition) is 1. The largest absolute Gasteiger partial charge is 0.439 e. The lowest BCUT2D eigenvalue weighted by molar-refractivity contribution is 0.102. The molecule has 0 spiro atoms. The number of aromatic nitrogens is 4. The predicted octanol–water partition coefficient (Wildman–Crippen LogP) is 4.89. The van der Waals surface area contributed by atoms with Gasteiger partial charge in [-0.3, -0.25) is 9.36 Å². The molecule has 2 aromatic carbocycles. The maximum Gasteiger partial charge on any atom is 0.255 e. The first-order chi connectivity index (χ1) is 15.0. The number of nitrogens with zero attached hydrogens (tertiary/aromatic N) is 4. The van der Waals surface area contributed by atoms with Crippen LogP contribution in [0.1, 0.15) is 34.2 Å². The first kappa shape index (κ1) is 20.3. The number of imidazole rings is 1. The number of carbonyl (C=O) groups is 1. The molecule has 0 radical (unpaired) electrons. The topological polar surface area (TPSA) is 81.9 Å². The van der Waals surface area contributed by atoms with Gasteiger partial charge in [0.25, 0.3) is 5.91 Å². The summed E-state index contributed by atoms with van der Waals surface area (Å²) in [6.45, 7) is 6.02. The van der Waals surface area contributed by atoms with Gasteiger partial charge in [-0.05, 0) is 62.2 Å². The van der Waals surface area contributed by atoms with Crippen LogP contribution in [0, 0.1) is 13.8 Å². The quantitative estimate of drug-likeness (QED) is 0.487. The molecular weight excluding hydrogens is 390 g/mol. The molecule has 0 aliphatic carbocycles. The van der Waals surface area contributed by atoms with Crippen LogP contribution in [0.25, 0.3) is 5.82 Å². The van der Waals surface area contributed by atoms with Crippen LogP contribution in [0.15, 0.2) is 67.3 Å². The van der Waals surface area contributed by atoms with Crippen LogP contribution < -0.4 is 10.1 Å². The maximum atomic E-state index is 12.4. The van der Waals surface area contributed by atoms with Crippen molar-refractivity contribution in [3.8, 4) is 17.4 Å². The fourth-order valence-corrected chi connectivity index (χ4v) is 3.07. The van der Waals surface area contributed by atoms with Crippen LogP contribution in [0.4, 0.5) is 5.69 Å². The summed E-state index contributed by atoms with van der Waals surface area (Å²) in [7, 11) is 0. The van der Waals surface area contributed by atoms with Gasteiger partial charge in [-0.15, -0.1) is 0 Å². The van der Waals surface area contributed by atoms with Crippen LogP contribution in [0.2, 0.25) is 0 Å². The van der Waals surface area contributed by atoms with Crippen molar-refractivity contribution in [2.45, 2.75) is 27.2 Å². The zero-order valence-corrected chi connectivity index (χ0v) is 17.7. The van der Waals surface area contributed by atoms with Gasteiger partial charge in [0.05, 0.1) is 5.69 Å². The molecule has 7 nitrogen and oxygen atoms in total. The Labute approximate surface area is 180 Å². The zero-order chi connectivity index (χ0) is 21.8. The Hall–Kier alpha value is -4.00. The molecule has 156 valence electrons. The Morgan fingerprint density at radius 3 is 2.39 bits per heavy atom. The van der Waals surface area contributed by atoms with Gasteiger partial charge in [0.2, 0.25) is 5.88 Å². The molecule has 31 heavy (non-hydrogen) atoms. The molecule has 0 unspecified atom stereocenters. The Morgan fingerprint density at radius 1 is 1.00 bits per heavy atom. The van der Waals surface area contributed by atoms with Gasteiger partial charge in [0.15, 0.2) is 0 Å². The molecule has 1 amide bonds. The van der Waals surface area contributed by atoms with E-state index < -0.39 is 0 Å². The Bertz CT molecular complexity index is 1200. The molecule has 4 rings (SSSR count). The summed E-state index contributed by atoms with van der Waals surface area (Å²) in [6, 6.07) is 16.5. The van der Waals surface area contributed by atoms with Crippen molar-refractivity contribution in [2.75, 3.05) is 5.32 Å². The zero-order valence-electron chi connectivity index (χ0n) is 17.7. The summed E-state index contributed by atoms with van der Waals surface area (Å²) in [5.41, 5.74) is 4.46. The molecule has 2 heterocycles. The highest BCUT2D eigenvalue weighted by atomic mass is 16.5. The van der Waals surface area contributed by atoms with Gasteiger partial charge < -0.3 is 10.1 Å². The fraction of sp³-hybridized carbons (Fsp3) is 0.167. The summed E-state index contributed by atoms with van der Waals surface area (Å²) in [6.07, 6.45) is 4.13. The minimum atomic E-state index is -0.150. The van der Waals surface area contributed by atoms with Gasteiger partial charge in [0.1, 0.15) is 24.2 Å².